The third-order valence-electron chi connectivity index (χ3n) is 1.43. The Morgan fingerprint density at radius 2 is 1.80 bits per heavy atom. The Morgan fingerprint density at radius 3 is 2.27 bits per heavy atom. The summed E-state index contributed by atoms with van der Waals surface area (Å²) in [5.74, 6) is 0. The number of rotatable bonds is 4. The molecular formula is C8H10LiO5S. The molecule has 0 aliphatic carbocycles. The van der Waals surface area contributed by atoms with E-state index in [2.05, 4.69) is 4.18 Å². The molecule has 1 radical (unpaired) electrons. The number of aliphatic hydroxyl groups excluding tert-OH is 2. The first-order chi connectivity index (χ1) is 6.56. The third-order valence-corrected chi connectivity index (χ3v) is 2.75. The van der Waals surface area contributed by atoms with Crippen molar-refractivity contribution in [1.82, 2.24) is 0 Å². The Hall–Kier alpha value is -0.353. The molecule has 7 heteroatoms. The molecule has 0 spiro atoms. The second kappa shape index (κ2) is 6.28. The number of hydrogen-bond donors (Lipinski definition) is 2. The van der Waals surface area contributed by atoms with E-state index in [9.17, 15) is 8.42 Å². The second-order valence-corrected chi connectivity index (χ2v) is 4.07. The summed E-state index contributed by atoms with van der Waals surface area (Å²) in [6.07, 6.45) is -1.72. The first-order valence-electron chi connectivity index (χ1n) is 3.83. The van der Waals surface area contributed by atoms with Crippen molar-refractivity contribution in [2.45, 2.75) is 11.2 Å². The first kappa shape index (κ1) is 14.6. The molecule has 5 nitrogen and oxygen atoms in total. The Balaban J connectivity index is 0.00000196. The molecule has 1 atom stereocenters. The summed E-state index contributed by atoms with van der Waals surface area (Å²) in [6.45, 7) is -0.772. The smallest absolute Gasteiger partial charge is 0.299 e. The Kier molecular flexibility index (Phi) is 6.13. The predicted octanol–water partition coefficient (Wildman–Crippen LogP) is -0.678. The average molecular weight is 225 g/mol. The van der Waals surface area contributed by atoms with Crippen molar-refractivity contribution in [2.75, 3.05) is 6.61 Å². The van der Waals surface area contributed by atoms with Crippen molar-refractivity contribution in [3.05, 3.63) is 30.3 Å². The molecule has 0 amide bonds. The maximum absolute atomic E-state index is 11.3. The molecule has 0 bridgehead atoms. The van der Waals surface area contributed by atoms with Crippen LogP contribution in [-0.4, -0.2) is 50.4 Å². The van der Waals surface area contributed by atoms with Gasteiger partial charge in [-0.2, -0.15) is 8.42 Å². The van der Waals surface area contributed by atoms with E-state index in [1.165, 1.54) is 24.3 Å². The Bertz CT molecular complexity index is 377. The van der Waals surface area contributed by atoms with Gasteiger partial charge in [0.25, 0.3) is 10.1 Å². The van der Waals surface area contributed by atoms with Crippen molar-refractivity contribution >= 4 is 29.0 Å². The van der Waals surface area contributed by atoms with Crippen LogP contribution in [0.3, 0.4) is 0 Å². The summed E-state index contributed by atoms with van der Waals surface area (Å²) in [5, 5.41) is 17.2. The molecule has 0 saturated carbocycles. The van der Waals surface area contributed by atoms with Crippen LogP contribution in [0.25, 0.3) is 0 Å². The van der Waals surface area contributed by atoms with Crippen LogP contribution in [0, 0.1) is 0 Å². The van der Waals surface area contributed by atoms with Crippen LogP contribution in [0.4, 0.5) is 0 Å². The zero-order valence-electron chi connectivity index (χ0n) is 8.20. The normalized spacial score (nSPS) is 12.9. The van der Waals surface area contributed by atoms with Crippen molar-refractivity contribution < 1.29 is 22.8 Å². The Labute approximate surface area is 100.0 Å². The van der Waals surface area contributed by atoms with Gasteiger partial charge < -0.3 is 10.2 Å². The molecule has 79 valence electrons. The predicted molar refractivity (Wildman–Crippen MR) is 53.6 cm³/mol. The number of aliphatic hydroxyl groups is 2. The summed E-state index contributed by atoms with van der Waals surface area (Å²) < 4.78 is 26.9. The van der Waals surface area contributed by atoms with Crippen molar-refractivity contribution in [3.63, 3.8) is 0 Å². The van der Waals surface area contributed by atoms with E-state index in [1.807, 2.05) is 0 Å². The topological polar surface area (TPSA) is 83.8 Å². The molecule has 15 heavy (non-hydrogen) atoms. The van der Waals surface area contributed by atoms with Crippen LogP contribution in [0.2, 0.25) is 0 Å². The average Bonchev–Trinajstić information content (AvgIpc) is 2.18. The SMILES string of the molecule is O=S(=O)(OC(O)CO)c1ccccc1.[Li]. The van der Waals surface area contributed by atoms with Gasteiger partial charge in [0.1, 0.15) is 0 Å². The minimum absolute atomic E-state index is 0. The zero-order chi connectivity index (χ0) is 10.6. The summed E-state index contributed by atoms with van der Waals surface area (Å²) in [5.41, 5.74) is 0. The van der Waals surface area contributed by atoms with E-state index >= 15 is 0 Å². The van der Waals surface area contributed by atoms with Crippen LogP contribution >= 0.6 is 0 Å². The first-order valence-corrected chi connectivity index (χ1v) is 5.24. The molecule has 1 rings (SSSR count). The fraction of sp³-hybridized carbons (Fsp3) is 0.250. The summed E-state index contributed by atoms with van der Waals surface area (Å²) in [4.78, 5) is -0.0625. The Morgan fingerprint density at radius 1 is 1.27 bits per heavy atom. The van der Waals surface area contributed by atoms with Crippen LogP contribution in [0.5, 0.6) is 0 Å². The van der Waals surface area contributed by atoms with E-state index in [4.69, 9.17) is 10.2 Å². The van der Waals surface area contributed by atoms with E-state index in [0.29, 0.717) is 0 Å². The van der Waals surface area contributed by atoms with Gasteiger partial charge in [0.15, 0.2) is 6.29 Å². The number of benzene rings is 1. The molecule has 0 aromatic heterocycles. The van der Waals surface area contributed by atoms with Gasteiger partial charge in [0.2, 0.25) is 0 Å². The van der Waals surface area contributed by atoms with Gasteiger partial charge in [-0.15, -0.1) is 0 Å². The van der Waals surface area contributed by atoms with Gasteiger partial charge in [-0.1, -0.05) is 18.2 Å². The summed E-state index contributed by atoms with van der Waals surface area (Å²) >= 11 is 0. The van der Waals surface area contributed by atoms with Crippen LogP contribution in [0.15, 0.2) is 35.2 Å². The van der Waals surface area contributed by atoms with Gasteiger partial charge in [-0.3, -0.25) is 0 Å². The largest absolute Gasteiger partial charge is 0.391 e. The maximum Gasteiger partial charge on any atom is 0.299 e. The van der Waals surface area contributed by atoms with Gasteiger partial charge in [0, 0.05) is 18.9 Å². The molecule has 1 unspecified atom stereocenters. The van der Waals surface area contributed by atoms with Crippen LogP contribution in [0.1, 0.15) is 0 Å². The standard InChI is InChI=1S/C8H10O5S.Li/c9-6-8(10)13-14(11,12)7-4-2-1-3-5-7;/h1-5,8-10H,6H2;. The van der Waals surface area contributed by atoms with Crippen LogP contribution < -0.4 is 0 Å². The molecule has 0 aliphatic heterocycles. The van der Waals surface area contributed by atoms with Gasteiger partial charge in [0.05, 0.1) is 11.5 Å². The second-order valence-electron chi connectivity index (χ2n) is 2.50. The quantitative estimate of drug-likeness (QED) is 0.403. The summed E-state index contributed by atoms with van der Waals surface area (Å²) in [6, 6.07) is 7.38. The molecule has 0 aliphatic rings. The molecule has 2 N–H and O–H groups in total. The molecular weight excluding hydrogens is 215 g/mol. The minimum Gasteiger partial charge on any atom is -0.391 e. The summed E-state index contributed by atoms with van der Waals surface area (Å²) in [7, 11) is -3.98. The van der Waals surface area contributed by atoms with E-state index < -0.39 is 23.0 Å². The minimum atomic E-state index is -3.98. The van der Waals surface area contributed by atoms with Crippen molar-refractivity contribution in [3.8, 4) is 0 Å². The van der Waals surface area contributed by atoms with E-state index in [0.717, 1.165) is 0 Å². The monoisotopic (exact) mass is 225 g/mol. The maximum atomic E-state index is 11.3. The molecule has 0 fully saturated rings. The third kappa shape index (κ3) is 4.34. The fourth-order valence-corrected chi connectivity index (χ4v) is 1.77. The van der Waals surface area contributed by atoms with Crippen molar-refractivity contribution in [2.24, 2.45) is 0 Å². The molecule has 0 saturated heterocycles. The van der Waals surface area contributed by atoms with Gasteiger partial charge >= 0.3 is 0 Å². The molecule has 1 aromatic carbocycles. The van der Waals surface area contributed by atoms with Crippen LogP contribution in [-0.2, 0) is 14.3 Å². The van der Waals surface area contributed by atoms with Gasteiger partial charge in [-0.25, -0.2) is 4.18 Å². The zero-order valence-corrected chi connectivity index (χ0v) is 9.02. The van der Waals surface area contributed by atoms with E-state index in [-0.39, 0.29) is 23.8 Å². The molecule has 1 aromatic rings. The molecule has 0 heterocycles. The van der Waals surface area contributed by atoms with Crippen molar-refractivity contribution in [1.29, 1.82) is 0 Å². The van der Waals surface area contributed by atoms with Gasteiger partial charge in [-0.05, 0) is 12.1 Å². The van der Waals surface area contributed by atoms with E-state index in [1.54, 1.807) is 6.07 Å². The number of hydrogen-bond acceptors (Lipinski definition) is 5. The fourth-order valence-electron chi connectivity index (χ4n) is 0.819.